The van der Waals surface area contributed by atoms with E-state index in [1.54, 1.807) is 14.2 Å². The van der Waals surface area contributed by atoms with Gasteiger partial charge in [-0.2, -0.15) is 0 Å². The minimum Gasteiger partial charge on any atom is -0.497 e. The van der Waals surface area contributed by atoms with Crippen molar-refractivity contribution in [3.05, 3.63) is 185 Å². The van der Waals surface area contributed by atoms with Crippen LogP contribution in [0.2, 0.25) is 0 Å². The molecule has 1 atom stereocenters. The molecular weight excluding hydrogens is 715 g/mol. The van der Waals surface area contributed by atoms with Crippen LogP contribution in [0.4, 0.5) is 5.69 Å². The number of anilines is 1. The van der Waals surface area contributed by atoms with Crippen LogP contribution in [0.3, 0.4) is 0 Å². The Balaban J connectivity index is 1.17. The third-order valence-corrected chi connectivity index (χ3v) is 13.3. The van der Waals surface area contributed by atoms with E-state index < -0.39 is 11.0 Å². The van der Waals surface area contributed by atoms with Crippen LogP contribution >= 0.6 is 0 Å². The highest BCUT2D eigenvalue weighted by atomic mass is 16.5. The molecule has 2 aliphatic heterocycles. The molecule has 5 heteroatoms. The number of hydrogen-bond donors (Lipinski definition) is 0. The fraction of sp³-hybridized carbons (Fsp3) is 0.170. The van der Waals surface area contributed by atoms with Gasteiger partial charge in [0.05, 0.1) is 26.2 Å². The first kappa shape index (κ1) is 33.6. The van der Waals surface area contributed by atoms with Gasteiger partial charge in [0.2, 0.25) is 0 Å². The van der Waals surface area contributed by atoms with Crippen molar-refractivity contribution in [1.29, 1.82) is 0 Å². The first-order chi connectivity index (χ1) is 28.6. The minimum atomic E-state index is -0.903. The molecule has 2 heterocycles. The maximum Gasteiger partial charge on any atom is 0.178 e. The van der Waals surface area contributed by atoms with Crippen LogP contribution in [0.5, 0.6) is 17.2 Å². The molecule has 8 aromatic rings. The van der Waals surface area contributed by atoms with Gasteiger partial charge in [0.15, 0.2) is 5.60 Å². The summed E-state index contributed by atoms with van der Waals surface area (Å²) in [7, 11) is 3.50. The molecule has 0 aromatic heterocycles. The topological polar surface area (TPSA) is 40.2 Å². The summed E-state index contributed by atoms with van der Waals surface area (Å²) in [5.41, 5.74) is 10.4. The molecular formula is C53H41NO4. The molecule has 4 aliphatic rings. The summed E-state index contributed by atoms with van der Waals surface area (Å²) < 4.78 is 25.5. The molecule has 1 fully saturated rings. The van der Waals surface area contributed by atoms with Crippen LogP contribution in [0, 0.1) is 0 Å². The molecule has 0 amide bonds. The van der Waals surface area contributed by atoms with Gasteiger partial charge in [0, 0.05) is 47.5 Å². The summed E-state index contributed by atoms with van der Waals surface area (Å²) in [5.74, 6) is 2.48. The van der Waals surface area contributed by atoms with Crippen molar-refractivity contribution in [2.24, 2.45) is 0 Å². The Bertz CT molecular complexity index is 2950. The lowest BCUT2D eigenvalue weighted by Gasteiger charge is -2.39. The predicted octanol–water partition coefficient (Wildman–Crippen LogP) is 11.4. The van der Waals surface area contributed by atoms with E-state index in [-0.39, 0.29) is 0 Å². The van der Waals surface area contributed by atoms with Gasteiger partial charge in [-0.15, -0.1) is 0 Å². The lowest BCUT2D eigenvalue weighted by atomic mass is 9.68. The van der Waals surface area contributed by atoms with Crippen molar-refractivity contribution in [2.45, 2.75) is 17.4 Å². The van der Waals surface area contributed by atoms with Gasteiger partial charge >= 0.3 is 0 Å². The third-order valence-electron chi connectivity index (χ3n) is 13.3. The SMILES string of the molecule is COc1ccc2c(c1)C1(c3c4c(c5cc(OC)ccc5c3-2)OC(c2ccccc2)(c2ccc(N3CCCOCC3)cc2)C=C4)c2cccc3ccc4cccc1c4c23. The lowest BCUT2D eigenvalue weighted by Crippen LogP contribution is -2.35. The molecule has 58 heavy (non-hydrogen) atoms. The Morgan fingerprint density at radius 3 is 2.05 bits per heavy atom. The summed E-state index contributed by atoms with van der Waals surface area (Å²) in [4.78, 5) is 2.43. The third kappa shape index (κ3) is 4.40. The second-order valence-corrected chi connectivity index (χ2v) is 16.0. The molecule has 1 unspecified atom stereocenters. The molecule has 12 rings (SSSR count). The Labute approximate surface area is 337 Å². The quantitative estimate of drug-likeness (QED) is 0.164. The normalized spacial score (nSPS) is 18.3. The average Bonchev–Trinajstić information content (AvgIpc) is 3.59. The van der Waals surface area contributed by atoms with Gasteiger partial charge < -0.3 is 23.8 Å². The second-order valence-electron chi connectivity index (χ2n) is 16.0. The van der Waals surface area contributed by atoms with E-state index in [1.165, 1.54) is 60.6 Å². The molecule has 0 N–H and O–H groups in total. The van der Waals surface area contributed by atoms with Crippen molar-refractivity contribution in [2.75, 3.05) is 45.4 Å². The summed E-state index contributed by atoms with van der Waals surface area (Å²) in [5, 5.41) is 7.27. The van der Waals surface area contributed by atoms with Gasteiger partial charge in [-0.1, -0.05) is 103 Å². The van der Waals surface area contributed by atoms with E-state index in [2.05, 4.69) is 157 Å². The lowest BCUT2D eigenvalue weighted by molar-refractivity contribution is 0.152. The number of methoxy groups -OCH3 is 2. The highest BCUT2D eigenvalue weighted by molar-refractivity contribution is 6.19. The van der Waals surface area contributed by atoms with Gasteiger partial charge in [-0.05, 0) is 115 Å². The van der Waals surface area contributed by atoms with Crippen LogP contribution in [-0.4, -0.2) is 40.5 Å². The first-order valence-corrected chi connectivity index (χ1v) is 20.3. The van der Waals surface area contributed by atoms with E-state index in [0.29, 0.717) is 0 Å². The highest BCUT2D eigenvalue weighted by Crippen LogP contribution is 2.67. The van der Waals surface area contributed by atoms with Crippen molar-refractivity contribution < 1.29 is 18.9 Å². The maximum atomic E-state index is 7.80. The van der Waals surface area contributed by atoms with Gasteiger partial charge in [-0.25, -0.2) is 0 Å². The number of hydrogen-bond acceptors (Lipinski definition) is 5. The summed E-state index contributed by atoms with van der Waals surface area (Å²) in [6, 6.07) is 51.0. The zero-order valence-electron chi connectivity index (χ0n) is 32.5. The fourth-order valence-corrected chi connectivity index (χ4v) is 10.8. The Morgan fingerprint density at radius 2 is 1.31 bits per heavy atom. The smallest absolute Gasteiger partial charge is 0.178 e. The Hall–Kier alpha value is -6.56. The second kappa shape index (κ2) is 12.5. The maximum absolute atomic E-state index is 7.80. The largest absolute Gasteiger partial charge is 0.497 e. The molecule has 282 valence electrons. The number of rotatable bonds is 5. The molecule has 5 nitrogen and oxygen atoms in total. The molecule has 8 aromatic carbocycles. The Kier molecular flexibility index (Phi) is 7.22. The van der Waals surface area contributed by atoms with E-state index >= 15 is 0 Å². The summed E-state index contributed by atoms with van der Waals surface area (Å²) in [6.07, 6.45) is 5.68. The van der Waals surface area contributed by atoms with Crippen molar-refractivity contribution in [3.8, 4) is 28.4 Å². The van der Waals surface area contributed by atoms with Crippen LogP contribution < -0.4 is 19.1 Å². The molecule has 2 aliphatic carbocycles. The number of benzene rings is 8. The molecule has 0 bridgehead atoms. The summed E-state index contributed by atoms with van der Waals surface area (Å²) >= 11 is 0. The molecule has 0 radical (unpaired) electrons. The van der Waals surface area contributed by atoms with Gasteiger partial charge in [0.25, 0.3) is 0 Å². The van der Waals surface area contributed by atoms with Crippen LogP contribution in [-0.2, 0) is 15.8 Å². The zero-order chi connectivity index (χ0) is 38.6. The number of nitrogens with zero attached hydrogens (tertiary/aromatic N) is 1. The van der Waals surface area contributed by atoms with Crippen LogP contribution in [0.1, 0.15) is 45.4 Å². The van der Waals surface area contributed by atoms with Crippen molar-refractivity contribution in [1.82, 2.24) is 0 Å². The molecule has 1 saturated heterocycles. The van der Waals surface area contributed by atoms with Crippen LogP contribution in [0.25, 0.3) is 49.5 Å². The Morgan fingerprint density at radius 1 is 0.603 bits per heavy atom. The standard InChI is InChI=1S/C53H41NO4/c1-55-38-21-23-40-43(31-38)51-42(25-26-52(58-51,35-11-4-3-5-12-35)36-17-19-37(20-18-36)54-27-8-29-57-30-28-54)50-49(40)41-24-22-39(56-2)32-46(41)53(50)44-13-6-9-33-15-16-34-10-7-14-45(53)48(34)47(33)44/h3-7,9-26,31-32H,8,27-30H2,1-2H3. The highest BCUT2D eigenvalue weighted by Gasteiger charge is 2.54. The monoisotopic (exact) mass is 755 g/mol. The first-order valence-electron chi connectivity index (χ1n) is 20.3. The number of fused-ring (bicyclic) bond motifs is 12. The van der Waals surface area contributed by atoms with E-state index in [4.69, 9.17) is 18.9 Å². The van der Waals surface area contributed by atoms with E-state index in [9.17, 15) is 0 Å². The fourth-order valence-electron chi connectivity index (χ4n) is 10.8. The van der Waals surface area contributed by atoms with Gasteiger partial charge in [0.1, 0.15) is 17.2 Å². The zero-order valence-corrected chi connectivity index (χ0v) is 32.5. The molecule has 1 spiro atoms. The number of ether oxygens (including phenoxy) is 4. The predicted molar refractivity (Wildman–Crippen MR) is 234 cm³/mol. The minimum absolute atomic E-state index is 0.626. The molecule has 0 saturated carbocycles. The van der Waals surface area contributed by atoms with E-state index in [0.717, 1.165) is 77.4 Å². The van der Waals surface area contributed by atoms with Crippen molar-refractivity contribution in [3.63, 3.8) is 0 Å². The average molecular weight is 756 g/mol. The van der Waals surface area contributed by atoms with Crippen molar-refractivity contribution >= 4 is 44.1 Å². The van der Waals surface area contributed by atoms with Gasteiger partial charge in [-0.3, -0.25) is 0 Å². The van der Waals surface area contributed by atoms with Crippen LogP contribution in [0.15, 0.2) is 146 Å². The van der Waals surface area contributed by atoms with E-state index in [1.807, 2.05) is 0 Å². The summed E-state index contributed by atoms with van der Waals surface area (Å²) in [6.45, 7) is 3.41.